The molecule has 0 aliphatic heterocycles. The number of aliphatic hydroxyl groups is 2. The summed E-state index contributed by atoms with van der Waals surface area (Å²) in [5.74, 6) is 1.48. The molecule has 0 rings (SSSR count). The van der Waals surface area contributed by atoms with E-state index in [-0.39, 0.29) is 25.5 Å². The zero-order chi connectivity index (χ0) is 7.11. The largest absolute Gasteiger partial charge is 0.395 e. The van der Waals surface area contributed by atoms with Gasteiger partial charge in [-0.05, 0) is 0 Å². The smallest absolute Gasteiger partial charge is 0.148 e. The molecule has 0 spiro atoms. The molecule has 52 valence electrons. The van der Waals surface area contributed by atoms with Gasteiger partial charge in [0.15, 0.2) is 0 Å². The summed E-state index contributed by atoms with van der Waals surface area (Å²) in [4.78, 5) is 9.78. The Labute approximate surface area is 52.8 Å². The number of hydrogen-bond donors (Lipinski definition) is 3. The molecule has 0 fully saturated rings. The van der Waals surface area contributed by atoms with Crippen molar-refractivity contribution < 1.29 is 15.0 Å². The standard InChI is InChI=1S/C5H9NO3/c7-2-1-6-5(3-8)4-9/h6-8H,1-3H2. The van der Waals surface area contributed by atoms with Crippen LogP contribution in [0, 0.1) is 0 Å². The summed E-state index contributed by atoms with van der Waals surface area (Å²) < 4.78 is 0. The number of rotatable bonds is 4. The van der Waals surface area contributed by atoms with Gasteiger partial charge >= 0.3 is 0 Å². The first-order valence-electron chi connectivity index (χ1n) is 2.54. The second kappa shape index (κ2) is 5.31. The van der Waals surface area contributed by atoms with Gasteiger partial charge in [0.1, 0.15) is 11.6 Å². The Morgan fingerprint density at radius 1 is 1.56 bits per heavy atom. The van der Waals surface area contributed by atoms with Gasteiger partial charge in [-0.3, -0.25) is 0 Å². The van der Waals surface area contributed by atoms with Gasteiger partial charge in [-0.1, -0.05) is 0 Å². The first-order valence-corrected chi connectivity index (χ1v) is 2.54. The molecule has 0 radical (unpaired) electrons. The van der Waals surface area contributed by atoms with Gasteiger partial charge in [-0.25, -0.2) is 4.79 Å². The summed E-state index contributed by atoms with van der Waals surface area (Å²) >= 11 is 0. The molecule has 4 nitrogen and oxygen atoms in total. The normalized spacial score (nSPS) is 8.22. The molecular formula is C5H9NO3. The molecule has 0 unspecified atom stereocenters. The van der Waals surface area contributed by atoms with Crippen molar-refractivity contribution in [2.45, 2.75) is 0 Å². The van der Waals surface area contributed by atoms with E-state index in [2.05, 4.69) is 5.32 Å². The van der Waals surface area contributed by atoms with Crippen molar-refractivity contribution >= 4 is 5.94 Å². The number of carbonyl (C=O) groups excluding carboxylic acids is 1. The summed E-state index contributed by atoms with van der Waals surface area (Å²) in [7, 11) is 0. The van der Waals surface area contributed by atoms with Gasteiger partial charge in [0, 0.05) is 6.54 Å². The molecular weight excluding hydrogens is 122 g/mol. The van der Waals surface area contributed by atoms with Gasteiger partial charge in [0.05, 0.1) is 13.2 Å². The lowest BCUT2D eigenvalue weighted by atomic mass is 10.5. The third-order valence-corrected chi connectivity index (χ3v) is 0.732. The van der Waals surface area contributed by atoms with E-state index in [0.29, 0.717) is 0 Å². The highest BCUT2D eigenvalue weighted by Crippen LogP contribution is 1.74. The van der Waals surface area contributed by atoms with Crippen LogP contribution in [-0.4, -0.2) is 35.9 Å². The molecule has 0 aromatic carbocycles. The molecule has 9 heavy (non-hydrogen) atoms. The minimum absolute atomic E-state index is 0.0643. The van der Waals surface area contributed by atoms with Crippen molar-refractivity contribution in [3.8, 4) is 0 Å². The van der Waals surface area contributed by atoms with Crippen LogP contribution in [0.2, 0.25) is 0 Å². The van der Waals surface area contributed by atoms with Crippen LogP contribution in [0.25, 0.3) is 0 Å². The van der Waals surface area contributed by atoms with Crippen LogP contribution in [-0.2, 0) is 4.79 Å². The molecule has 0 bridgehead atoms. The molecule has 0 amide bonds. The second-order valence-electron chi connectivity index (χ2n) is 1.39. The Hall–Kier alpha value is -0.830. The molecule has 0 heterocycles. The average Bonchev–Trinajstić information content (AvgIpc) is 1.91. The second-order valence-corrected chi connectivity index (χ2v) is 1.39. The quantitative estimate of drug-likeness (QED) is 0.397. The van der Waals surface area contributed by atoms with E-state index in [9.17, 15) is 4.79 Å². The van der Waals surface area contributed by atoms with Crippen molar-refractivity contribution in [3.63, 3.8) is 0 Å². The first kappa shape index (κ1) is 8.17. The van der Waals surface area contributed by atoms with Crippen LogP contribution >= 0.6 is 0 Å². The van der Waals surface area contributed by atoms with Crippen LogP contribution in [0.15, 0.2) is 5.70 Å². The monoisotopic (exact) mass is 131 g/mol. The summed E-state index contributed by atoms with van der Waals surface area (Å²) in [5.41, 5.74) is 0.0732. The topological polar surface area (TPSA) is 69.6 Å². The molecule has 0 aromatic heterocycles. The Morgan fingerprint density at radius 3 is 2.56 bits per heavy atom. The van der Waals surface area contributed by atoms with E-state index in [1.807, 2.05) is 0 Å². The summed E-state index contributed by atoms with van der Waals surface area (Å²) in [6, 6.07) is 0. The predicted octanol–water partition coefficient (Wildman–Crippen LogP) is -1.72. The van der Waals surface area contributed by atoms with Crippen LogP contribution in [0.4, 0.5) is 0 Å². The molecule has 0 aliphatic rings. The molecule has 4 heteroatoms. The third kappa shape index (κ3) is 3.73. The summed E-state index contributed by atoms with van der Waals surface area (Å²) in [6.45, 7) is -0.153. The third-order valence-electron chi connectivity index (χ3n) is 0.732. The lowest BCUT2D eigenvalue weighted by Gasteiger charge is -1.99. The summed E-state index contributed by atoms with van der Waals surface area (Å²) in [5, 5.41) is 19.0. The Kier molecular flexibility index (Phi) is 4.82. The number of aliphatic hydroxyl groups excluding tert-OH is 2. The fourth-order valence-corrected chi connectivity index (χ4v) is 0.331. The van der Waals surface area contributed by atoms with Gasteiger partial charge < -0.3 is 15.5 Å². The predicted molar refractivity (Wildman–Crippen MR) is 31.4 cm³/mol. The van der Waals surface area contributed by atoms with Crippen molar-refractivity contribution in [1.29, 1.82) is 0 Å². The Balaban J connectivity index is 3.45. The summed E-state index contributed by atoms with van der Waals surface area (Å²) in [6.07, 6.45) is 0. The van der Waals surface area contributed by atoms with Crippen LogP contribution < -0.4 is 5.32 Å². The zero-order valence-corrected chi connectivity index (χ0v) is 4.92. The lowest BCUT2D eigenvalue weighted by molar-refractivity contribution is 0.286. The van der Waals surface area contributed by atoms with E-state index in [1.54, 1.807) is 0 Å². The van der Waals surface area contributed by atoms with E-state index < -0.39 is 0 Å². The molecule has 0 atom stereocenters. The van der Waals surface area contributed by atoms with Gasteiger partial charge in [0.2, 0.25) is 0 Å². The highest BCUT2D eigenvalue weighted by atomic mass is 16.3. The van der Waals surface area contributed by atoms with Crippen molar-refractivity contribution in [1.82, 2.24) is 5.32 Å². The van der Waals surface area contributed by atoms with Gasteiger partial charge in [-0.15, -0.1) is 0 Å². The Morgan fingerprint density at radius 2 is 2.22 bits per heavy atom. The maximum absolute atomic E-state index is 9.78. The van der Waals surface area contributed by atoms with Crippen LogP contribution in [0.3, 0.4) is 0 Å². The van der Waals surface area contributed by atoms with E-state index in [1.165, 1.54) is 5.94 Å². The fourth-order valence-electron chi connectivity index (χ4n) is 0.331. The van der Waals surface area contributed by atoms with Crippen molar-refractivity contribution in [3.05, 3.63) is 5.70 Å². The molecule has 0 aliphatic carbocycles. The molecule has 3 N–H and O–H groups in total. The zero-order valence-electron chi connectivity index (χ0n) is 4.92. The van der Waals surface area contributed by atoms with E-state index in [4.69, 9.17) is 10.2 Å². The van der Waals surface area contributed by atoms with Crippen LogP contribution in [0.5, 0.6) is 0 Å². The number of hydrogen-bond acceptors (Lipinski definition) is 4. The minimum atomic E-state index is -0.358. The minimum Gasteiger partial charge on any atom is -0.395 e. The van der Waals surface area contributed by atoms with Crippen molar-refractivity contribution in [2.75, 3.05) is 19.8 Å². The molecule has 0 aromatic rings. The van der Waals surface area contributed by atoms with Gasteiger partial charge in [0.25, 0.3) is 0 Å². The molecule has 0 saturated carbocycles. The number of nitrogens with one attached hydrogen (secondary N) is 1. The highest BCUT2D eigenvalue weighted by molar-refractivity contribution is 5.51. The fraction of sp³-hybridized carbons (Fsp3) is 0.600. The lowest BCUT2D eigenvalue weighted by Crippen LogP contribution is -2.20. The highest BCUT2D eigenvalue weighted by Gasteiger charge is 1.90. The van der Waals surface area contributed by atoms with E-state index >= 15 is 0 Å². The van der Waals surface area contributed by atoms with Crippen molar-refractivity contribution in [2.24, 2.45) is 0 Å². The Bertz CT molecular complexity index is 117. The van der Waals surface area contributed by atoms with Gasteiger partial charge in [-0.2, -0.15) is 0 Å². The maximum Gasteiger partial charge on any atom is 0.148 e. The first-order chi connectivity index (χ1) is 4.35. The average molecular weight is 131 g/mol. The maximum atomic E-state index is 9.78. The SMILES string of the molecule is O=C=C(CO)NCCO. The van der Waals surface area contributed by atoms with Crippen LogP contribution in [0.1, 0.15) is 0 Å². The molecule has 0 saturated heterocycles. The van der Waals surface area contributed by atoms with E-state index in [0.717, 1.165) is 0 Å².